The van der Waals surface area contributed by atoms with Crippen molar-refractivity contribution in [2.75, 3.05) is 14.2 Å². The Balaban J connectivity index is 0.000001000. The van der Waals surface area contributed by atoms with Crippen molar-refractivity contribution >= 4 is 0 Å². The van der Waals surface area contributed by atoms with Gasteiger partial charge in [0.2, 0.25) is 0 Å². The quantitative estimate of drug-likeness (QED) is 0.532. The van der Waals surface area contributed by atoms with Gasteiger partial charge in [-0.1, -0.05) is 0 Å². The Bertz CT molecular complexity index is 164. The number of halogens is 1. The molecule has 0 atom stereocenters. The molecule has 0 bridgehead atoms. The van der Waals surface area contributed by atoms with E-state index >= 15 is 0 Å². The molecular formula is C7H11ClO2Ti. The minimum Gasteiger partial charge on any atom is -1.00 e. The van der Waals surface area contributed by atoms with Crippen molar-refractivity contribution in [1.82, 2.24) is 0 Å². The second kappa shape index (κ2) is 5.98. The first-order chi connectivity index (χ1) is 4.88. The summed E-state index contributed by atoms with van der Waals surface area (Å²) in [6.45, 7) is 0. The summed E-state index contributed by atoms with van der Waals surface area (Å²) < 4.78 is 11.8. The second-order valence-electron chi connectivity index (χ2n) is 2.02. The molecular weight excluding hydrogens is 199 g/mol. The first-order valence-corrected chi connectivity index (χ1v) is 5.25. The number of hydrogen-bond acceptors (Lipinski definition) is 2. The Labute approximate surface area is 80.5 Å². The molecule has 11 heavy (non-hydrogen) atoms. The van der Waals surface area contributed by atoms with Crippen LogP contribution >= 0.6 is 0 Å². The maximum absolute atomic E-state index is 5.22. The predicted molar refractivity (Wildman–Crippen MR) is 35.9 cm³/mol. The zero-order valence-corrected chi connectivity index (χ0v) is 8.95. The van der Waals surface area contributed by atoms with E-state index in [-0.39, 0.29) is 12.4 Å². The summed E-state index contributed by atoms with van der Waals surface area (Å²) in [4.78, 5) is 0. The van der Waals surface area contributed by atoms with Crippen LogP contribution < -0.4 is 12.4 Å². The van der Waals surface area contributed by atoms with Crippen LogP contribution in [0.25, 0.3) is 0 Å². The number of hydrogen-bond donors (Lipinski definition) is 0. The van der Waals surface area contributed by atoms with Crippen molar-refractivity contribution in [3.05, 3.63) is 22.1 Å². The van der Waals surface area contributed by atoms with Gasteiger partial charge >= 0.3 is 68.0 Å². The maximum atomic E-state index is 5.22. The molecule has 0 unspecified atom stereocenters. The van der Waals surface area contributed by atoms with Crippen molar-refractivity contribution in [1.29, 1.82) is 0 Å². The topological polar surface area (TPSA) is 18.5 Å². The van der Waals surface area contributed by atoms with Gasteiger partial charge in [-0.05, 0) is 0 Å². The van der Waals surface area contributed by atoms with E-state index in [4.69, 9.17) is 6.64 Å². The van der Waals surface area contributed by atoms with Gasteiger partial charge in [0, 0.05) is 0 Å². The molecule has 0 aliphatic heterocycles. The fraction of sp³-hybridized carbons (Fsp3) is 0.429. The first kappa shape index (κ1) is 11.4. The summed E-state index contributed by atoms with van der Waals surface area (Å²) in [7, 11) is 3.44. The van der Waals surface area contributed by atoms with Crippen LogP contribution in [0, 0.1) is 0 Å². The van der Waals surface area contributed by atoms with Crippen LogP contribution in [0.2, 0.25) is 0 Å². The Hall–Kier alpha value is 0.404. The molecule has 0 aromatic heterocycles. The zero-order valence-electron chi connectivity index (χ0n) is 6.63. The van der Waals surface area contributed by atoms with Crippen LogP contribution in [0.5, 0.6) is 0 Å². The summed E-state index contributed by atoms with van der Waals surface area (Å²) in [5.41, 5.74) is 0. The van der Waals surface area contributed by atoms with Crippen molar-refractivity contribution < 1.29 is 37.7 Å². The SMILES string of the molecule is C[O][Ti+]([O]C)[C]1=CC=CC1.[Cl-]. The third-order valence-electron chi connectivity index (χ3n) is 1.40. The van der Waals surface area contributed by atoms with Gasteiger partial charge in [-0.15, -0.1) is 0 Å². The molecule has 0 aromatic carbocycles. The Morgan fingerprint density at radius 3 is 2.36 bits per heavy atom. The van der Waals surface area contributed by atoms with Crippen LogP contribution in [0.1, 0.15) is 6.42 Å². The largest absolute Gasteiger partial charge is 1.00 e. The van der Waals surface area contributed by atoms with Gasteiger partial charge in [0.05, 0.1) is 0 Å². The zero-order chi connectivity index (χ0) is 7.40. The average molecular weight is 210 g/mol. The van der Waals surface area contributed by atoms with Crippen molar-refractivity contribution in [3.63, 3.8) is 0 Å². The molecule has 62 valence electrons. The van der Waals surface area contributed by atoms with E-state index in [1.165, 1.54) is 3.88 Å². The van der Waals surface area contributed by atoms with Gasteiger partial charge in [0.1, 0.15) is 0 Å². The molecule has 0 amide bonds. The van der Waals surface area contributed by atoms with Gasteiger partial charge in [0.15, 0.2) is 0 Å². The van der Waals surface area contributed by atoms with Gasteiger partial charge in [-0.25, -0.2) is 0 Å². The van der Waals surface area contributed by atoms with Crippen LogP contribution in [-0.2, 0) is 25.3 Å². The molecule has 0 heterocycles. The van der Waals surface area contributed by atoms with Crippen molar-refractivity contribution in [2.24, 2.45) is 0 Å². The van der Waals surface area contributed by atoms with E-state index in [1.54, 1.807) is 14.2 Å². The van der Waals surface area contributed by atoms with E-state index in [1.807, 2.05) is 0 Å². The predicted octanol–water partition coefficient (Wildman–Crippen LogP) is -1.42. The van der Waals surface area contributed by atoms with Gasteiger partial charge in [0.25, 0.3) is 0 Å². The van der Waals surface area contributed by atoms with E-state index in [0.29, 0.717) is 0 Å². The molecule has 0 aromatic rings. The molecule has 1 rings (SSSR count). The molecule has 0 N–H and O–H groups in total. The minimum atomic E-state index is -1.70. The van der Waals surface area contributed by atoms with Gasteiger partial charge in [-0.2, -0.15) is 0 Å². The average Bonchev–Trinajstić information content (AvgIpc) is 2.43. The summed E-state index contributed by atoms with van der Waals surface area (Å²) in [5, 5.41) is 0. The minimum absolute atomic E-state index is 0. The van der Waals surface area contributed by atoms with Crippen LogP contribution in [0.15, 0.2) is 22.1 Å². The summed E-state index contributed by atoms with van der Waals surface area (Å²) in [6, 6.07) is 0. The van der Waals surface area contributed by atoms with Gasteiger partial charge < -0.3 is 12.4 Å². The standard InChI is InChI=1S/C5H5.2CH3O.ClH.Ti/c1-2-4-5-3-1;2*1-2;;/h1-3H,4H2;2*1H3;1H;/q;2*-1;;+3/p-1. The molecule has 1 aliphatic rings. The third kappa shape index (κ3) is 3.10. The second-order valence-corrected chi connectivity index (χ2v) is 5.20. The Kier molecular flexibility index (Phi) is 6.20. The molecule has 0 radical (unpaired) electrons. The van der Waals surface area contributed by atoms with Crippen molar-refractivity contribution in [2.45, 2.75) is 6.42 Å². The third-order valence-corrected chi connectivity index (χ3v) is 3.96. The molecule has 2 nitrogen and oxygen atoms in total. The Morgan fingerprint density at radius 1 is 1.36 bits per heavy atom. The van der Waals surface area contributed by atoms with E-state index in [9.17, 15) is 0 Å². The Morgan fingerprint density at radius 2 is 2.00 bits per heavy atom. The smallest absolute Gasteiger partial charge is 1.00 e. The van der Waals surface area contributed by atoms with Crippen LogP contribution in [0.4, 0.5) is 0 Å². The monoisotopic (exact) mass is 210 g/mol. The van der Waals surface area contributed by atoms with Crippen LogP contribution in [-0.4, -0.2) is 14.2 Å². The summed E-state index contributed by atoms with van der Waals surface area (Å²) >= 11 is -1.70. The van der Waals surface area contributed by atoms with Crippen molar-refractivity contribution in [3.8, 4) is 0 Å². The molecule has 4 heteroatoms. The van der Waals surface area contributed by atoms with E-state index < -0.39 is 18.6 Å². The molecule has 1 aliphatic carbocycles. The fourth-order valence-corrected chi connectivity index (χ4v) is 2.83. The number of rotatable bonds is 3. The normalized spacial score (nSPS) is 14.2. The first-order valence-electron chi connectivity index (χ1n) is 3.19. The molecule has 0 saturated carbocycles. The summed E-state index contributed by atoms with van der Waals surface area (Å²) in [5.74, 6) is 0. The maximum Gasteiger partial charge on any atom is -1.00 e. The molecule has 0 spiro atoms. The summed E-state index contributed by atoms with van der Waals surface area (Å²) in [6.07, 6.45) is 7.31. The molecule has 0 fully saturated rings. The number of allylic oxidation sites excluding steroid dienone is 4. The van der Waals surface area contributed by atoms with Gasteiger partial charge in [-0.3, -0.25) is 0 Å². The van der Waals surface area contributed by atoms with E-state index in [0.717, 1.165) is 6.42 Å². The van der Waals surface area contributed by atoms with Crippen LogP contribution in [0.3, 0.4) is 0 Å². The molecule has 0 saturated heterocycles. The van der Waals surface area contributed by atoms with E-state index in [2.05, 4.69) is 18.2 Å². The fourth-order valence-electron chi connectivity index (χ4n) is 0.944.